The number of carbonyl (C=O) groups is 6. The Morgan fingerprint density at radius 2 is 1.82 bits per heavy atom. The molecule has 2 unspecified atom stereocenters. The van der Waals surface area contributed by atoms with Crippen molar-refractivity contribution < 1.29 is 52.1 Å². The van der Waals surface area contributed by atoms with E-state index in [2.05, 4.69) is 26.3 Å². The van der Waals surface area contributed by atoms with E-state index in [-0.39, 0.29) is 31.9 Å². The van der Waals surface area contributed by atoms with Gasteiger partial charge in [0.15, 0.2) is 11.5 Å². The second kappa shape index (κ2) is 16.2. The minimum atomic E-state index is -3.46. The minimum absolute atomic E-state index is 0.0424. The molecule has 3 aromatic rings. The van der Waals surface area contributed by atoms with E-state index in [0.717, 1.165) is 16.7 Å². The molecule has 2 saturated heterocycles. The lowest BCUT2D eigenvalue weighted by Gasteiger charge is -2.23. The molecule has 2 fully saturated rings. The van der Waals surface area contributed by atoms with Gasteiger partial charge in [-0.3, -0.25) is 28.8 Å². The summed E-state index contributed by atoms with van der Waals surface area (Å²) in [6.45, 7) is -1.24. The molecule has 0 radical (unpaired) electrons. The second-order valence-corrected chi connectivity index (χ2v) is 13.6. The average Bonchev–Trinajstić information content (AvgIpc) is 3.97. The molecule has 0 saturated carbocycles. The summed E-state index contributed by atoms with van der Waals surface area (Å²) >= 11 is 0. The number of halogens is 2. The molecule has 4 heterocycles. The number of alkyl halides is 2. The van der Waals surface area contributed by atoms with Gasteiger partial charge in [0.25, 0.3) is 11.8 Å². The van der Waals surface area contributed by atoms with Crippen molar-refractivity contribution >= 4 is 35.3 Å². The van der Waals surface area contributed by atoms with Gasteiger partial charge in [0.2, 0.25) is 29.4 Å². The van der Waals surface area contributed by atoms with Crippen LogP contribution in [0, 0.1) is 5.92 Å². The van der Waals surface area contributed by atoms with Gasteiger partial charge in [-0.15, -0.1) is 5.10 Å². The molecule has 292 valence electrons. The third-order valence-electron chi connectivity index (χ3n) is 9.89. The van der Waals surface area contributed by atoms with Crippen LogP contribution < -0.4 is 25.4 Å². The predicted octanol–water partition coefficient (Wildman–Crippen LogP) is -0.189. The van der Waals surface area contributed by atoms with Gasteiger partial charge < -0.3 is 40.3 Å². The SMILES string of the molecule is COc1ccc(CNC(=O)C(=O)C2CC(F)(F)CN2C(=O)CNC(=O)C2C[C@@H](CC(=O)N3Cc4cccc(Cn5cc(CO)nn5)c4C3)C(=O)N2)cc1OC. The Kier molecular flexibility index (Phi) is 11.4. The van der Waals surface area contributed by atoms with Crippen molar-refractivity contribution in [2.45, 2.75) is 70.1 Å². The van der Waals surface area contributed by atoms with Crippen LogP contribution in [0.2, 0.25) is 0 Å². The Labute approximate surface area is 313 Å². The van der Waals surface area contributed by atoms with Crippen LogP contribution in [0.5, 0.6) is 11.5 Å². The van der Waals surface area contributed by atoms with Gasteiger partial charge in [0.1, 0.15) is 17.8 Å². The largest absolute Gasteiger partial charge is 0.493 e. The number of amides is 5. The van der Waals surface area contributed by atoms with E-state index in [1.54, 1.807) is 34.0 Å². The Morgan fingerprint density at radius 1 is 1.04 bits per heavy atom. The standard InChI is InChI=1S/C36H40F2N8O9/c1-54-28-7-6-20(8-29(28)55-2)12-39-35(53)32(50)27-11-36(37,38)19-46(27)31(49)13-40-34(52)26-9-23(33(51)41-26)10-30(48)44-14-21-4-3-5-22(25(21)17-44)15-45-16-24(18-47)42-43-45/h3-8,16,23,26-27,47H,9-15,17-19H2,1-2H3,(H,39,53)(H,40,52)(H,41,51)/t23-,26?,27?/m0/s1. The lowest BCUT2D eigenvalue weighted by atomic mass is 10.00. The Morgan fingerprint density at radius 3 is 2.55 bits per heavy atom. The van der Waals surface area contributed by atoms with Crippen molar-refractivity contribution in [3.05, 3.63) is 70.5 Å². The number of aliphatic hydroxyl groups excluding tert-OH is 1. The Bertz CT molecular complexity index is 2010. The maximum absolute atomic E-state index is 14.5. The van der Waals surface area contributed by atoms with Crippen LogP contribution in [0.15, 0.2) is 42.6 Å². The zero-order chi connectivity index (χ0) is 39.4. The van der Waals surface area contributed by atoms with Gasteiger partial charge in [-0.2, -0.15) is 0 Å². The van der Waals surface area contributed by atoms with Gasteiger partial charge in [0, 0.05) is 38.4 Å². The van der Waals surface area contributed by atoms with Gasteiger partial charge in [-0.05, 0) is 40.8 Å². The molecule has 1 aromatic heterocycles. The maximum Gasteiger partial charge on any atom is 0.289 e. The average molecular weight is 767 g/mol. The highest BCUT2D eigenvalue weighted by atomic mass is 19.3. The normalized spacial score (nSPS) is 19.8. The number of rotatable bonds is 14. The molecule has 6 rings (SSSR count). The molecule has 3 atom stereocenters. The number of nitrogens with one attached hydrogen (secondary N) is 3. The lowest BCUT2D eigenvalue weighted by Crippen LogP contribution is -2.51. The molecular formula is C36H40F2N8O9. The van der Waals surface area contributed by atoms with E-state index >= 15 is 0 Å². The number of likely N-dealkylation sites (tertiary alicyclic amines) is 1. The highest BCUT2D eigenvalue weighted by Gasteiger charge is 2.51. The monoisotopic (exact) mass is 766 g/mol. The molecule has 3 aliphatic rings. The summed E-state index contributed by atoms with van der Waals surface area (Å²) < 4.78 is 41.0. The van der Waals surface area contributed by atoms with Crippen molar-refractivity contribution in [1.29, 1.82) is 0 Å². The van der Waals surface area contributed by atoms with E-state index < -0.39 is 72.8 Å². The summed E-state index contributed by atoms with van der Waals surface area (Å²) in [5, 5.41) is 24.4. The molecule has 0 spiro atoms. The van der Waals surface area contributed by atoms with Crippen LogP contribution >= 0.6 is 0 Å². The molecule has 0 bridgehead atoms. The van der Waals surface area contributed by atoms with Crippen LogP contribution in [0.25, 0.3) is 0 Å². The van der Waals surface area contributed by atoms with Crippen molar-refractivity contribution in [3.63, 3.8) is 0 Å². The maximum atomic E-state index is 14.5. The number of carbonyl (C=O) groups excluding carboxylic acids is 6. The first-order valence-electron chi connectivity index (χ1n) is 17.4. The van der Waals surface area contributed by atoms with E-state index in [1.165, 1.54) is 14.2 Å². The van der Waals surface area contributed by atoms with Crippen LogP contribution in [0.4, 0.5) is 8.78 Å². The smallest absolute Gasteiger partial charge is 0.289 e. The van der Waals surface area contributed by atoms with E-state index in [0.29, 0.717) is 47.3 Å². The fourth-order valence-electron chi connectivity index (χ4n) is 7.02. The second-order valence-electron chi connectivity index (χ2n) is 13.6. The number of ether oxygens (including phenoxy) is 2. The third-order valence-corrected chi connectivity index (χ3v) is 9.89. The Balaban J connectivity index is 0.986. The van der Waals surface area contributed by atoms with Crippen LogP contribution in [0.1, 0.15) is 47.2 Å². The number of nitrogens with zero attached hydrogens (tertiary/aromatic N) is 5. The van der Waals surface area contributed by atoms with Crippen LogP contribution in [0.3, 0.4) is 0 Å². The molecule has 5 amide bonds. The summed E-state index contributed by atoms with van der Waals surface area (Å²) in [7, 11) is 2.87. The molecule has 2 aromatic carbocycles. The fourth-order valence-corrected chi connectivity index (χ4v) is 7.02. The lowest BCUT2D eigenvalue weighted by molar-refractivity contribution is -0.144. The molecule has 4 N–H and O–H groups in total. The number of Topliss-reactive ketones (excluding diaryl/α,β-unsaturated/α-hetero) is 1. The van der Waals surface area contributed by atoms with Gasteiger partial charge in [-0.1, -0.05) is 29.5 Å². The summed E-state index contributed by atoms with van der Waals surface area (Å²) in [4.78, 5) is 80.1. The summed E-state index contributed by atoms with van der Waals surface area (Å²) in [6.07, 6.45) is 0.355. The van der Waals surface area contributed by atoms with Crippen molar-refractivity contribution in [2.24, 2.45) is 5.92 Å². The summed E-state index contributed by atoms with van der Waals surface area (Å²) in [5.74, 6) is -8.48. The summed E-state index contributed by atoms with van der Waals surface area (Å²) in [5.41, 5.74) is 3.78. The first-order chi connectivity index (χ1) is 26.3. The molecule has 3 aliphatic heterocycles. The molecular weight excluding hydrogens is 726 g/mol. The number of fused-ring (bicyclic) bond motifs is 1. The highest BCUT2D eigenvalue weighted by Crippen LogP contribution is 2.33. The molecule has 0 aliphatic carbocycles. The molecule has 55 heavy (non-hydrogen) atoms. The van der Waals surface area contributed by atoms with Crippen molar-refractivity contribution in [1.82, 2.24) is 40.7 Å². The van der Waals surface area contributed by atoms with E-state index in [4.69, 9.17) is 9.47 Å². The zero-order valence-electron chi connectivity index (χ0n) is 30.0. The van der Waals surface area contributed by atoms with Gasteiger partial charge in [-0.25, -0.2) is 13.5 Å². The van der Waals surface area contributed by atoms with Crippen LogP contribution in [-0.2, 0) is 61.6 Å². The molecule has 19 heteroatoms. The predicted molar refractivity (Wildman–Crippen MR) is 185 cm³/mol. The number of hydrogen-bond donors (Lipinski definition) is 4. The Hall–Kier alpha value is -5.98. The fraction of sp³-hybridized carbons (Fsp3) is 0.444. The van der Waals surface area contributed by atoms with Crippen molar-refractivity contribution in [3.8, 4) is 11.5 Å². The number of aromatic nitrogens is 3. The number of ketones is 1. The zero-order valence-corrected chi connectivity index (χ0v) is 30.0. The van der Waals surface area contributed by atoms with Crippen molar-refractivity contribution in [2.75, 3.05) is 27.3 Å². The first-order valence-corrected chi connectivity index (χ1v) is 17.4. The molecule has 17 nitrogen and oxygen atoms in total. The number of aliphatic hydroxyl groups is 1. The number of benzene rings is 2. The number of hydrogen-bond acceptors (Lipinski definition) is 11. The van der Waals surface area contributed by atoms with E-state index in [1.807, 2.05) is 18.2 Å². The quantitative estimate of drug-likeness (QED) is 0.158. The first kappa shape index (κ1) is 38.7. The third kappa shape index (κ3) is 8.72. The summed E-state index contributed by atoms with van der Waals surface area (Å²) in [6, 6.07) is 7.62. The van der Waals surface area contributed by atoms with Gasteiger partial charge in [0.05, 0.1) is 46.7 Å². The highest BCUT2D eigenvalue weighted by molar-refractivity contribution is 6.38. The van der Waals surface area contributed by atoms with Crippen LogP contribution in [-0.4, -0.2) is 111 Å². The minimum Gasteiger partial charge on any atom is -0.493 e. The topological polar surface area (TPSA) is 214 Å². The van der Waals surface area contributed by atoms with E-state index in [9.17, 15) is 42.7 Å². The van der Waals surface area contributed by atoms with Gasteiger partial charge >= 0.3 is 0 Å². The number of methoxy groups -OCH3 is 2.